The average molecular weight is 558 g/mol. The van der Waals surface area contributed by atoms with Crippen molar-refractivity contribution in [3.05, 3.63) is 142 Å². The second-order valence-electron chi connectivity index (χ2n) is 9.06. The number of benzene rings is 4. The molecule has 0 N–H and O–H groups in total. The molecule has 0 unspecified atom stereocenters. The molecule has 0 aromatic heterocycles. The SMILES string of the molecule is O=[N+]([O-])c1ccc(OCCOCCOCCOCCOC(c2ccccc2)(c2ccccc2)c2ccccc2)cc1. The highest BCUT2D eigenvalue weighted by Crippen LogP contribution is 2.40. The van der Waals surface area contributed by atoms with Crippen LogP contribution in [0.3, 0.4) is 0 Å². The molecule has 0 saturated carbocycles. The number of non-ortho nitro benzene ring substituents is 1. The Morgan fingerprint density at radius 1 is 0.512 bits per heavy atom. The van der Waals surface area contributed by atoms with Gasteiger partial charge in [-0.05, 0) is 28.8 Å². The lowest BCUT2D eigenvalue weighted by Crippen LogP contribution is -2.34. The molecule has 0 aliphatic carbocycles. The summed E-state index contributed by atoms with van der Waals surface area (Å²) in [7, 11) is 0. The Morgan fingerprint density at radius 2 is 0.902 bits per heavy atom. The van der Waals surface area contributed by atoms with E-state index >= 15 is 0 Å². The van der Waals surface area contributed by atoms with Gasteiger partial charge in [0, 0.05) is 12.1 Å². The maximum absolute atomic E-state index is 10.7. The number of ether oxygens (including phenoxy) is 5. The first-order valence-electron chi connectivity index (χ1n) is 13.6. The van der Waals surface area contributed by atoms with Crippen LogP contribution in [-0.4, -0.2) is 57.8 Å². The van der Waals surface area contributed by atoms with Crippen LogP contribution in [0.25, 0.3) is 0 Å². The van der Waals surface area contributed by atoms with Gasteiger partial charge in [-0.15, -0.1) is 0 Å². The summed E-state index contributed by atoms with van der Waals surface area (Å²) in [5, 5.41) is 10.7. The highest BCUT2D eigenvalue weighted by Gasteiger charge is 2.37. The Labute approximate surface area is 240 Å². The van der Waals surface area contributed by atoms with Gasteiger partial charge in [0.2, 0.25) is 0 Å². The fourth-order valence-electron chi connectivity index (χ4n) is 4.45. The summed E-state index contributed by atoms with van der Waals surface area (Å²) in [6.45, 7) is 3.32. The number of nitrogens with zero attached hydrogens (tertiary/aromatic N) is 1. The van der Waals surface area contributed by atoms with Gasteiger partial charge in [0.15, 0.2) is 0 Å². The molecule has 0 radical (unpaired) electrons. The Bertz CT molecular complexity index is 1190. The summed E-state index contributed by atoms with van der Waals surface area (Å²) in [5.41, 5.74) is 2.43. The molecule has 0 bridgehead atoms. The van der Waals surface area contributed by atoms with Crippen LogP contribution in [0.2, 0.25) is 0 Å². The molecule has 0 saturated heterocycles. The van der Waals surface area contributed by atoms with Crippen LogP contribution >= 0.6 is 0 Å². The highest BCUT2D eigenvalue weighted by atomic mass is 16.6. The summed E-state index contributed by atoms with van der Waals surface area (Å²) >= 11 is 0. The van der Waals surface area contributed by atoms with Gasteiger partial charge in [0.1, 0.15) is 18.0 Å². The van der Waals surface area contributed by atoms with Crippen LogP contribution in [-0.2, 0) is 24.5 Å². The Hall–Kier alpha value is -4.08. The van der Waals surface area contributed by atoms with Gasteiger partial charge >= 0.3 is 0 Å². The van der Waals surface area contributed by atoms with E-state index in [1.807, 2.05) is 54.6 Å². The van der Waals surface area contributed by atoms with Crippen LogP contribution in [0, 0.1) is 10.1 Å². The van der Waals surface area contributed by atoms with E-state index in [9.17, 15) is 10.1 Å². The molecular weight excluding hydrogens is 522 g/mol. The van der Waals surface area contributed by atoms with Crippen molar-refractivity contribution < 1.29 is 28.6 Å². The molecule has 0 amide bonds. The number of hydrogen-bond acceptors (Lipinski definition) is 7. The molecule has 4 aromatic rings. The van der Waals surface area contributed by atoms with Gasteiger partial charge in [0.25, 0.3) is 5.69 Å². The van der Waals surface area contributed by atoms with E-state index in [0.29, 0.717) is 58.6 Å². The first-order valence-corrected chi connectivity index (χ1v) is 13.6. The van der Waals surface area contributed by atoms with Crippen LogP contribution in [0.5, 0.6) is 5.75 Å². The van der Waals surface area contributed by atoms with Crippen molar-refractivity contribution in [3.8, 4) is 5.75 Å². The molecule has 0 spiro atoms. The van der Waals surface area contributed by atoms with E-state index in [2.05, 4.69) is 36.4 Å². The van der Waals surface area contributed by atoms with Gasteiger partial charge in [-0.25, -0.2) is 0 Å². The molecule has 8 nitrogen and oxygen atoms in total. The Kier molecular flexibility index (Phi) is 11.8. The lowest BCUT2D eigenvalue weighted by Gasteiger charge is -2.36. The molecule has 0 atom stereocenters. The predicted octanol–water partition coefficient (Wildman–Crippen LogP) is 6.03. The Morgan fingerprint density at radius 3 is 1.32 bits per heavy atom. The van der Waals surface area contributed by atoms with E-state index < -0.39 is 10.5 Å². The second-order valence-corrected chi connectivity index (χ2v) is 9.06. The van der Waals surface area contributed by atoms with Crippen molar-refractivity contribution in [1.29, 1.82) is 0 Å². The van der Waals surface area contributed by atoms with E-state index in [1.165, 1.54) is 12.1 Å². The van der Waals surface area contributed by atoms with Gasteiger partial charge in [-0.1, -0.05) is 91.0 Å². The van der Waals surface area contributed by atoms with Crippen molar-refractivity contribution in [3.63, 3.8) is 0 Å². The standard InChI is InChI=1S/C33H35NO7/c35-34(36)31-16-18-32(19-17-31)40-26-24-38-22-20-37-21-23-39-25-27-41-33(28-10-4-1-5-11-28,29-12-6-2-7-13-29)30-14-8-3-9-15-30/h1-19H,20-27H2. The Balaban J connectivity index is 1.15. The minimum Gasteiger partial charge on any atom is -0.491 e. The number of rotatable bonds is 18. The third-order valence-corrected chi connectivity index (χ3v) is 6.38. The zero-order chi connectivity index (χ0) is 28.6. The molecule has 0 fully saturated rings. The molecular formula is C33H35NO7. The fourth-order valence-corrected chi connectivity index (χ4v) is 4.45. The fraction of sp³-hybridized carbons (Fsp3) is 0.273. The smallest absolute Gasteiger partial charge is 0.269 e. The maximum Gasteiger partial charge on any atom is 0.269 e. The largest absolute Gasteiger partial charge is 0.491 e. The van der Waals surface area contributed by atoms with Crippen molar-refractivity contribution in [2.75, 3.05) is 52.9 Å². The lowest BCUT2D eigenvalue weighted by molar-refractivity contribution is -0.384. The second kappa shape index (κ2) is 16.2. The van der Waals surface area contributed by atoms with Crippen LogP contribution < -0.4 is 4.74 Å². The first kappa shape index (κ1) is 29.9. The van der Waals surface area contributed by atoms with E-state index in [0.717, 1.165) is 16.7 Å². The third kappa shape index (κ3) is 8.70. The molecule has 41 heavy (non-hydrogen) atoms. The van der Waals surface area contributed by atoms with Crippen molar-refractivity contribution in [1.82, 2.24) is 0 Å². The van der Waals surface area contributed by atoms with Crippen LogP contribution in [0.1, 0.15) is 16.7 Å². The minimum absolute atomic E-state index is 0.0296. The van der Waals surface area contributed by atoms with Crippen molar-refractivity contribution >= 4 is 5.69 Å². The summed E-state index contributed by atoms with van der Waals surface area (Å²) in [6.07, 6.45) is 0. The maximum atomic E-state index is 10.7. The summed E-state index contributed by atoms with van der Waals surface area (Å²) in [5.74, 6) is 0.560. The summed E-state index contributed by atoms with van der Waals surface area (Å²) in [6, 6.07) is 36.7. The first-order chi connectivity index (χ1) is 20.2. The van der Waals surface area contributed by atoms with Gasteiger partial charge in [-0.2, -0.15) is 0 Å². The topological polar surface area (TPSA) is 89.3 Å². The van der Waals surface area contributed by atoms with Gasteiger partial charge in [0.05, 0.1) is 51.2 Å². The third-order valence-electron chi connectivity index (χ3n) is 6.38. The molecule has 214 valence electrons. The van der Waals surface area contributed by atoms with Crippen LogP contribution in [0.4, 0.5) is 5.69 Å². The summed E-state index contributed by atoms with van der Waals surface area (Å²) in [4.78, 5) is 10.2. The summed E-state index contributed by atoms with van der Waals surface area (Å²) < 4.78 is 29.1. The van der Waals surface area contributed by atoms with Crippen molar-refractivity contribution in [2.24, 2.45) is 0 Å². The van der Waals surface area contributed by atoms with E-state index in [4.69, 9.17) is 23.7 Å². The minimum atomic E-state index is -0.761. The highest BCUT2D eigenvalue weighted by molar-refractivity contribution is 5.47. The molecule has 8 heteroatoms. The van der Waals surface area contributed by atoms with Crippen molar-refractivity contribution in [2.45, 2.75) is 5.60 Å². The molecule has 4 rings (SSSR count). The monoisotopic (exact) mass is 557 g/mol. The molecule has 0 heterocycles. The molecule has 0 aliphatic rings. The predicted molar refractivity (Wildman–Crippen MR) is 156 cm³/mol. The number of nitro benzene ring substituents is 1. The lowest BCUT2D eigenvalue weighted by atomic mass is 9.80. The van der Waals surface area contributed by atoms with E-state index in [-0.39, 0.29) is 5.69 Å². The van der Waals surface area contributed by atoms with Gasteiger partial charge < -0.3 is 23.7 Å². The number of nitro groups is 1. The average Bonchev–Trinajstić information content (AvgIpc) is 3.03. The molecule has 0 aliphatic heterocycles. The quantitative estimate of drug-likeness (QED) is 0.0638. The zero-order valence-corrected chi connectivity index (χ0v) is 22.9. The van der Waals surface area contributed by atoms with E-state index in [1.54, 1.807) is 12.1 Å². The normalized spacial score (nSPS) is 11.3. The van der Waals surface area contributed by atoms with Crippen LogP contribution in [0.15, 0.2) is 115 Å². The zero-order valence-electron chi connectivity index (χ0n) is 22.9. The number of hydrogen-bond donors (Lipinski definition) is 0. The van der Waals surface area contributed by atoms with Gasteiger partial charge in [-0.3, -0.25) is 10.1 Å². The molecule has 4 aromatic carbocycles.